The third kappa shape index (κ3) is 5.08. The van der Waals surface area contributed by atoms with Crippen molar-refractivity contribution in [2.45, 2.75) is 25.9 Å². The van der Waals surface area contributed by atoms with Gasteiger partial charge in [-0.25, -0.2) is 4.79 Å². The predicted octanol–water partition coefficient (Wildman–Crippen LogP) is 5.90. The standard InChI is InChI=1S/C26H22F3NO3/c1-2-33-25(32)19-5-3-4-16(12-19)13-21-15-20-14-18(8-11-23(20)30-24(21)31)17-6-9-22(10-7-17)26(27,28)29/h3-12,14,21H,2,13,15H2,1H3,(H,30,31). The summed E-state index contributed by atoms with van der Waals surface area (Å²) in [5.74, 6) is -0.844. The van der Waals surface area contributed by atoms with Crippen LogP contribution in [-0.4, -0.2) is 18.5 Å². The van der Waals surface area contributed by atoms with Crippen LogP contribution in [0.3, 0.4) is 0 Å². The number of rotatable bonds is 5. The van der Waals surface area contributed by atoms with E-state index in [-0.39, 0.29) is 18.4 Å². The molecule has 1 unspecified atom stereocenters. The van der Waals surface area contributed by atoms with Crippen LogP contribution < -0.4 is 5.32 Å². The van der Waals surface area contributed by atoms with E-state index in [1.54, 1.807) is 37.3 Å². The molecule has 0 saturated carbocycles. The lowest BCUT2D eigenvalue weighted by atomic mass is 9.86. The van der Waals surface area contributed by atoms with Gasteiger partial charge in [-0.3, -0.25) is 4.79 Å². The average Bonchev–Trinajstić information content (AvgIpc) is 2.79. The van der Waals surface area contributed by atoms with Gasteiger partial charge in [0.2, 0.25) is 5.91 Å². The zero-order valence-electron chi connectivity index (χ0n) is 17.9. The molecule has 3 aromatic carbocycles. The lowest BCUT2D eigenvalue weighted by Crippen LogP contribution is -2.31. The lowest BCUT2D eigenvalue weighted by Gasteiger charge is -2.25. The third-order valence-electron chi connectivity index (χ3n) is 5.67. The first-order chi connectivity index (χ1) is 15.7. The summed E-state index contributed by atoms with van der Waals surface area (Å²) >= 11 is 0. The van der Waals surface area contributed by atoms with Gasteiger partial charge in [-0.05, 0) is 78.4 Å². The summed E-state index contributed by atoms with van der Waals surface area (Å²) < 4.78 is 43.6. The molecule has 0 aromatic heterocycles. The molecule has 0 aliphatic carbocycles. The van der Waals surface area contributed by atoms with Crippen molar-refractivity contribution in [3.8, 4) is 11.1 Å². The second-order valence-electron chi connectivity index (χ2n) is 7.96. The molecule has 1 aliphatic heterocycles. The molecule has 0 bridgehead atoms. The predicted molar refractivity (Wildman–Crippen MR) is 119 cm³/mol. The highest BCUT2D eigenvalue weighted by molar-refractivity contribution is 5.96. The molecule has 3 aromatic rings. The molecule has 170 valence electrons. The average molecular weight is 453 g/mol. The molecule has 0 spiro atoms. The summed E-state index contributed by atoms with van der Waals surface area (Å²) in [4.78, 5) is 24.7. The van der Waals surface area contributed by atoms with E-state index in [0.717, 1.165) is 28.8 Å². The summed E-state index contributed by atoms with van der Waals surface area (Å²) in [5, 5.41) is 2.92. The number of halogens is 3. The van der Waals surface area contributed by atoms with Crippen LogP contribution in [0.4, 0.5) is 18.9 Å². The summed E-state index contributed by atoms with van der Waals surface area (Å²) in [5.41, 5.74) is 3.66. The van der Waals surface area contributed by atoms with Gasteiger partial charge in [0.25, 0.3) is 0 Å². The zero-order valence-corrected chi connectivity index (χ0v) is 17.9. The van der Waals surface area contributed by atoms with Crippen molar-refractivity contribution >= 4 is 17.6 Å². The van der Waals surface area contributed by atoms with Crippen LogP contribution in [0.2, 0.25) is 0 Å². The number of fused-ring (bicyclic) bond motifs is 1. The van der Waals surface area contributed by atoms with Crippen molar-refractivity contribution in [3.63, 3.8) is 0 Å². The number of amides is 1. The van der Waals surface area contributed by atoms with Crippen molar-refractivity contribution in [1.29, 1.82) is 0 Å². The molecular formula is C26H22F3NO3. The van der Waals surface area contributed by atoms with Crippen molar-refractivity contribution in [2.24, 2.45) is 5.92 Å². The Kier molecular flexibility index (Phi) is 6.22. The Balaban J connectivity index is 1.54. The minimum Gasteiger partial charge on any atom is -0.462 e. The normalized spacial score (nSPS) is 15.5. The van der Waals surface area contributed by atoms with Gasteiger partial charge in [-0.15, -0.1) is 0 Å². The number of hydrogen-bond acceptors (Lipinski definition) is 3. The van der Waals surface area contributed by atoms with E-state index in [1.165, 1.54) is 12.1 Å². The van der Waals surface area contributed by atoms with Crippen LogP contribution in [0.25, 0.3) is 11.1 Å². The van der Waals surface area contributed by atoms with Gasteiger partial charge in [0.15, 0.2) is 0 Å². The highest BCUT2D eigenvalue weighted by Gasteiger charge is 2.30. The minimum atomic E-state index is -4.38. The van der Waals surface area contributed by atoms with E-state index in [0.29, 0.717) is 29.7 Å². The van der Waals surface area contributed by atoms with E-state index >= 15 is 0 Å². The molecule has 4 nitrogen and oxygen atoms in total. The number of ether oxygens (including phenoxy) is 1. The van der Waals surface area contributed by atoms with Crippen LogP contribution >= 0.6 is 0 Å². The first kappa shape index (κ1) is 22.6. The fourth-order valence-corrected chi connectivity index (χ4v) is 4.00. The molecule has 1 N–H and O–H groups in total. The maximum atomic E-state index is 12.8. The van der Waals surface area contributed by atoms with Crippen LogP contribution in [0.5, 0.6) is 0 Å². The maximum absolute atomic E-state index is 12.8. The fourth-order valence-electron chi connectivity index (χ4n) is 4.00. The van der Waals surface area contributed by atoms with Crippen LogP contribution in [0.15, 0.2) is 66.7 Å². The lowest BCUT2D eigenvalue weighted by molar-refractivity contribution is -0.137. The highest BCUT2D eigenvalue weighted by atomic mass is 19.4. The Morgan fingerprint density at radius 3 is 2.45 bits per heavy atom. The maximum Gasteiger partial charge on any atom is 0.416 e. The number of nitrogens with one attached hydrogen (secondary N) is 1. The highest BCUT2D eigenvalue weighted by Crippen LogP contribution is 2.34. The van der Waals surface area contributed by atoms with Crippen molar-refractivity contribution in [1.82, 2.24) is 0 Å². The Labute approximate surface area is 189 Å². The third-order valence-corrected chi connectivity index (χ3v) is 5.67. The Hall–Kier alpha value is -3.61. The van der Waals surface area contributed by atoms with E-state index in [4.69, 9.17) is 4.74 Å². The quantitative estimate of drug-likeness (QED) is 0.489. The van der Waals surface area contributed by atoms with Gasteiger partial charge in [0, 0.05) is 11.6 Å². The van der Waals surface area contributed by atoms with Crippen molar-refractivity contribution in [2.75, 3.05) is 11.9 Å². The molecule has 4 rings (SSSR count). The molecule has 1 atom stereocenters. The fraction of sp³-hybridized carbons (Fsp3) is 0.231. The van der Waals surface area contributed by atoms with E-state index in [1.807, 2.05) is 12.1 Å². The SMILES string of the molecule is CCOC(=O)c1cccc(CC2Cc3cc(-c4ccc(C(F)(F)F)cc4)ccc3NC2=O)c1. The largest absolute Gasteiger partial charge is 0.462 e. The van der Waals surface area contributed by atoms with Crippen LogP contribution in [-0.2, 0) is 28.5 Å². The number of anilines is 1. The smallest absolute Gasteiger partial charge is 0.416 e. The summed E-state index contributed by atoms with van der Waals surface area (Å²) in [6.45, 7) is 2.02. The minimum absolute atomic E-state index is 0.105. The molecule has 0 saturated heterocycles. The zero-order chi connectivity index (χ0) is 23.6. The van der Waals surface area contributed by atoms with Crippen LogP contribution in [0, 0.1) is 5.92 Å². The monoisotopic (exact) mass is 453 g/mol. The number of esters is 1. The second kappa shape index (κ2) is 9.10. The first-order valence-corrected chi connectivity index (χ1v) is 10.6. The van der Waals surface area contributed by atoms with Gasteiger partial charge >= 0.3 is 12.1 Å². The Morgan fingerprint density at radius 2 is 1.76 bits per heavy atom. The number of hydrogen-bond donors (Lipinski definition) is 1. The molecule has 0 radical (unpaired) electrons. The van der Waals surface area contributed by atoms with Crippen molar-refractivity contribution < 1.29 is 27.5 Å². The topological polar surface area (TPSA) is 55.4 Å². The molecule has 1 amide bonds. The molecule has 33 heavy (non-hydrogen) atoms. The summed E-state index contributed by atoms with van der Waals surface area (Å²) in [6.07, 6.45) is -3.45. The van der Waals surface area contributed by atoms with E-state index in [9.17, 15) is 22.8 Å². The van der Waals surface area contributed by atoms with Gasteiger partial charge in [0.1, 0.15) is 0 Å². The Bertz CT molecular complexity index is 1190. The number of alkyl halides is 3. The van der Waals surface area contributed by atoms with Crippen LogP contribution in [0.1, 0.15) is 34.0 Å². The second-order valence-corrected chi connectivity index (χ2v) is 7.96. The number of carbonyl (C=O) groups excluding carboxylic acids is 2. The molecular weight excluding hydrogens is 431 g/mol. The van der Waals surface area contributed by atoms with E-state index in [2.05, 4.69) is 5.32 Å². The molecule has 1 aliphatic rings. The van der Waals surface area contributed by atoms with E-state index < -0.39 is 17.7 Å². The first-order valence-electron chi connectivity index (χ1n) is 10.6. The molecule has 7 heteroatoms. The van der Waals surface area contributed by atoms with Gasteiger partial charge in [-0.2, -0.15) is 13.2 Å². The van der Waals surface area contributed by atoms with Gasteiger partial charge in [0.05, 0.1) is 17.7 Å². The summed E-state index contributed by atoms with van der Waals surface area (Å²) in [6, 6.07) is 17.5. The van der Waals surface area contributed by atoms with Gasteiger partial charge < -0.3 is 10.1 Å². The number of benzene rings is 3. The molecule has 0 fully saturated rings. The number of carbonyl (C=O) groups is 2. The van der Waals surface area contributed by atoms with Gasteiger partial charge in [-0.1, -0.05) is 30.3 Å². The molecule has 1 heterocycles. The summed E-state index contributed by atoms with van der Waals surface area (Å²) in [7, 11) is 0. The van der Waals surface area contributed by atoms with Crippen molar-refractivity contribution in [3.05, 3.63) is 89.0 Å². The Morgan fingerprint density at radius 1 is 1.03 bits per heavy atom.